The normalized spacial score (nSPS) is 10.0. The number of hydrogen-bond acceptors (Lipinski definition) is 4. The zero-order valence-corrected chi connectivity index (χ0v) is 11.7. The Morgan fingerprint density at radius 1 is 1.36 bits per heavy atom. The van der Waals surface area contributed by atoms with Crippen LogP contribution in [0.15, 0.2) is 13.5 Å². The Hall–Kier alpha value is -0.140. The van der Waals surface area contributed by atoms with Crippen molar-refractivity contribution in [3.05, 3.63) is 13.5 Å². The number of carbonyl (C=O) groups is 1. The molecule has 2 N–H and O–H groups in total. The Bertz CT molecular complexity index is 395. The van der Waals surface area contributed by atoms with Crippen LogP contribution in [0.5, 0.6) is 5.75 Å². The van der Waals surface area contributed by atoms with E-state index in [0.717, 1.165) is 0 Å². The zero-order chi connectivity index (χ0) is 10.9. The quantitative estimate of drug-likeness (QED) is 0.593. The fourth-order valence-corrected chi connectivity index (χ4v) is 2.14. The highest BCUT2D eigenvalue weighted by Gasteiger charge is 2.16. The second kappa shape index (κ2) is 4.59. The molecule has 0 bridgehead atoms. The van der Waals surface area contributed by atoms with Crippen LogP contribution in [-0.4, -0.2) is 11.0 Å². The number of nitrogen functional groups attached to an aromatic ring is 1. The number of nitrogens with two attached hydrogens (primary N) is 1. The summed E-state index contributed by atoms with van der Waals surface area (Å²) in [5.74, 6) is -0.0943. The maximum absolute atomic E-state index is 10.8. The third-order valence-electron chi connectivity index (χ3n) is 1.27. The lowest BCUT2D eigenvalue weighted by atomic mass is 10.4. The number of aromatic nitrogens is 1. The summed E-state index contributed by atoms with van der Waals surface area (Å²) in [7, 11) is 0. The van der Waals surface area contributed by atoms with Gasteiger partial charge in [0.1, 0.15) is 4.60 Å². The van der Waals surface area contributed by atoms with E-state index in [1.54, 1.807) is 0 Å². The van der Waals surface area contributed by atoms with Crippen LogP contribution in [0, 0.1) is 0 Å². The summed E-state index contributed by atoms with van der Waals surface area (Å²) in [6.45, 7) is 1.29. The molecule has 0 spiro atoms. The second-order valence-corrected chi connectivity index (χ2v) is 4.68. The average molecular weight is 389 g/mol. The van der Waals surface area contributed by atoms with E-state index in [1.807, 2.05) is 0 Å². The predicted molar refractivity (Wildman–Crippen MR) is 63.1 cm³/mol. The van der Waals surface area contributed by atoms with Gasteiger partial charge in [-0.05, 0) is 47.8 Å². The molecule has 1 rings (SSSR count). The fraction of sp³-hybridized carbons (Fsp3) is 0.143. The first-order valence-corrected chi connectivity index (χ1v) is 5.79. The lowest BCUT2D eigenvalue weighted by Crippen LogP contribution is -2.06. The smallest absolute Gasteiger partial charge is 0.308 e. The van der Waals surface area contributed by atoms with Crippen LogP contribution < -0.4 is 10.5 Å². The minimum Gasteiger partial charge on any atom is -0.421 e. The van der Waals surface area contributed by atoms with Crippen molar-refractivity contribution in [2.24, 2.45) is 0 Å². The number of esters is 1. The molecule has 0 unspecified atom stereocenters. The van der Waals surface area contributed by atoms with Gasteiger partial charge in [0, 0.05) is 6.92 Å². The summed E-state index contributed by atoms with van der Waals surface area (Å²) in [5, 5.41) is 0. The van der Waals surface area contributed by atoms with Crippen molar-refractivity contribution >= 4 is 59.6 Å². The van der Waals surface area contributed by atoms with Gasteiger partial charge in [-0.3, -0.25) is 4.79 Å². The molecule has 0 radical (unpaired) electrons. The van der Waals surface area contributed by atoms with Gasteiger partial charge < -0.3 is 10.5 Å². The number of carbonyl (C=O) groups excluding carboxylic acids is 1. The van der Waals surface area contributed by atoms with Gasteiger partial charge in [-0.2, -0.15) is 0 Å². The maximum atomic E-state index is 10.8. The summed E-state index contributed by atoms with van der Waals surface area (Å²) in [6.07, 6.45) is 0. The Kier molecular flexibility index (Phi) is 3.91. The van der Waals surface area contributed by atoms with Gasteiger partial charge >= 0.3 is 5.97 Å². The number of halogens is 3. The molecule has 0 atom stereocenters. The molecule has 0 saturated heterocycles. The SMILES string of the molecule is CC(=O)Oc1c(N)nc(Br)c(Br)c1Br. The molecule has 7 heteroatoms. The van der Waals surface area contributed by atoms with E-state index in [1.165, 1.54) is 6.92 Å². The van der Waals surface area contributed by atoms with Crippen molar-refractivity contribution in [1.82, 2.24) is 4.98 Å². The summed E-state index contributed by atoms with van der Waals surface area (Å²) in [5.41, 5.74) is 5.57. The molecule has 1 heterocycles. The fourth-order valence-electron chi connectivity index (χ4n) is 0.749. The van der Waals surface area contributed by atoms with E-state index in [9.17, 15) is 4.79 Å². The first-order valence-electron chi connectivity index (χ1n) is 3.42. The van der Waals surface area contributed by atoms with Crippen molar-refractivity contribution in [3.8, 4) is 5.75 Å². The van der Waals surface area contributed by atoms with Gasteiger partial charge in [0.05, 0.1) is 8.95 Å². The van der Waals surface area contributed by atoms with Crippen LogP contribution in [0.1, 0.15) is 6.92 Å². The zero-order valence-electron chi connectivity index (χ0n) is 6.97. The van der Waals surface area contributed by atoms with Crippen molar-refractivity contribution in [2.75, 3.05) is 5.73 Å². The van der Waals surface area contributed by atoms with Crippen LogP contribution >= 0.6 is 47.8 Å². The Morgan fingerprint density at radius 2 is 1.93 bits per heavy atom. The number of anilines is 1. The minimum atomic E-state index is -0.451. The van der Waals surface area contributed by atoms with Gasteiger partial charge in [0.2, 0.25) is 0 Å². The van der Waals surface area contributed by atoms with E-state index < -0.39 is 5.97 Å². The lowest BCUT2D eigenvalue weighted by Gasteiger charge is -2.09. The summed E-state index contributed by atoms with van der Waals surface area (Å²) in [4.78, 5) is 14.7. The van der Waals surface area contributed by atoms with Crippen LogP contribution in [0.3, 0.4) is 0 Å². The lowest BCUT2D eigenvalue weighted by molar-refractivity contribution is -0.131. The molecule has 0 amide bonds. The van der Waals surface area contributed by atoms with Gasteiger partial charge in [0.15, 0.2) is 11.6 Å². The molecule has 1 aromatic heterocycles. The van der Waals surface area contributed by atoms with Crippen molar-refractivity contribution in [2.45, 2.75) is 6.92 Å². The Labute approximate surface area is 106 Å². The van der Waals surface area contributed by atoms with Crippen LogP contribution in [-0.2, 0) is 4.79 Å². The molecule has 0 aliphatic carbocycles. The second-order valence-electron chi connectivity index (χ2n) is 2.34. The Balaban J connectivity index is 3.29. The van der Waals surface area contributed by atoms with Crippen molar-refractivity contribution in [1.29, 1.82) is 0 Å². The molecule has 0 fully saturated rings. The molecule has 0 aliphatic rings. The monoisotopic (exact) mass is 386 g/mol. The van der Waals surface area contributed by atoms with E-state index in [0.29, 0.717) is 13.5 Å². The van der Waals surface area contributed by atoms with Crippen LogP contribution in [0.4, 0.5) is 5.82 Å². The third kappa shape index (κ3) is 2.46. The molecule has 0 aromatic carbocycles. The van der Waals surface area contributed by atoms with Crippen LogP contribution in [0.25, 0.3) is 0 Å². The molecule has 14 heavy (non-hydrogen) atoms. The first kappa shape index (κ1) is 11.9. The highest BCUT2D eigenvalue weighted by atomic mass is 79.9. The highest BCUT2D eigenvalue weighted by Crippen LogP contribution is 2.39. The topological polar surface area (TPSA) is 65.2 Å². The van der Waals surface area contributed by atoms with E-state index >= 15 is 0 Å². The third-order valence-corrected chi connectivity index (χ3v) is 4.44. The standard InChI is InChI=1S/C7H5Br3N2O2/c1-2(13)14-5-3(8)4(9)6(10)12-7(5)11/h1H3,(H2,11,12). The van der Waals surface area contributed by atoms with Crippen LogP contribution in [0.2, 0.25) is 0 Å². The Morgan fingerprint density at radius 3 is 2.43 bits per heavy atom. The molecule has 76 valence electrons. The molecule has 0 aliphatic heterocycles. The molecule has 4 nitrogen and oxygen atoms in total. The number of rotatable bonds is 1. The molecule has 0 saturated carbocycles. The van der Waals surface area contributed by atoms with E-state index in [4.69, 9.17) is 10.5 Å². The van der Waals surface area contributed by atoms with E-state index in [2.05, 4.69) is 52.8 Å². The number of pyridine rings is 1. The average Bonchev–Trinajstić information content (AvgIpc) is 2.09. The minimum absolute atomic E-state index is 0.141. The summed E-state index contributed by atoms with van der Waals surface area (Å²) < 4.78 is 6.62. The van der Waals surface area contributed by atoms with Gasteiger partial charge in [-0.25, -0.2) is 4.98 Å². The van der Waals surface area contributed by atoms with Gasteiger partial charge in [-0.1, -0.05) is 0 Å². The number of hydrogen-bond donors (Lipinski definition) is 1. The predicted octanol–water partition coefficient (Wildman–Crippen LogP) is 2.88. The molecular weight excluding hydrogens is 384 g/mol. The molecule has 1 aromatic rings. The number of nitrogens with zero attached hydrogens (tertiary/aromatic N) is 1. The van der Waals surface area contributed by atoms with E-state index in [-0.39, 0.29) is 11.6 Å². The largest absolute Gasteiger partial charge is 0.421 e. The van der Waals surface area contributed by atoms with Gasteiger partial charge in [0.25, 0.3) is 0 Å². The van der Waals surface area contributed by atoms with Crippen molar-refractivity contribution in [3.63, 3.8) is 0 Å². The number of ether oxygens (including phenoxy) is 1. The maximum Gasteiger partial charge on any atom is 0.308 e. The highest BCUT2D eigenvalue weighted by molar-refractivity contribution is 9.14. The first-order chi connectivity index (χ1) is 6.43. The van der Waals surface area contributed by atoms with Gasteiger partial charge in [-0.15, -0.1) is 0 Å². The van der Waals surface area contributed by atoms with Crippen molar-refractivity contribution < 1.29 is 9.53 Å². The molecular formula is C7H5Br3N2O2. The summed E-state index contributed by atoms with van der Waals surface area (Å²) >= 11 is 9.68. The summed E-state index contributed by atoms with van der Waals surface area (Å²) in [6, 6.07) is 0.